The fourth-order valence-electron chi connectivity index (χ4n) is 1.39. The molecule has 1 unspecified atom stereocenters. The molecule has 0 saturated carbocycles. The minimum absolute atomic E-state index is 0.0986. The zero-order valence-corrected chi connectivity index (χ0v) is 11.4. The third-order valence-electron chi connectivity index (χ3n) is 2.43. The molecule has 104 valence electrons. The van der Waals surface area contributed by atoms with Gasteiger partial charge >= 0.3 is 5.97 Å². The van der Waals surface area contributed by atoms with E-state index in [1.165, 1.54) is 17.3 Å². The minimum Gasteiger partial charge on any atom is -0.480 e. The second-order valence-corrected chi connectivity index (χ2v) is 5.08. The summed E-state index contributed by atoms with van der Waals surface area (Å²) in [5.74, 6) is -0.674. The topological polar surface area (TPSA) is 92.4 Å². The van der Waals surface area contributed by atoms with E-state index in [1.807, 2.05) is 30.3 Å². The van der Waals surface area contributed by atoms with Crippen LogP contribution in [0.15, 0.2) is 30.3 Å². The summed E-state index contributed by atoms with van der Waals surface area (Å²) < 4.78 is 0. The van der Waals surface area contributed by atoms with Gasteiger partial charge in [-0.1, -0.05) is 30.3 Å². The standard InChI is InChI=1S/C13H18N2O3S/c14-11(13(17)18)8-19-9-12(16)15-7-6-10-4-2-1-3-5-10/h1-5,11H,6-9,14H2,(H,15,16)(H,17,18). The number of thioether (sulfide) groups is 1. The molecule has 5 nitrogen and oxygen atoms in total. The Hall–Kier alpha value is -1.53. The minimum atomic E-state index is -1.04. The molecule has 0 bridgehead atoms. The highest BCUT2D eigenvalue weighted by Crippen LogP contribution is 2.02. The number of amides is 1. The summed E-state index contributed by atoms with van der Waals surface area (Å²) in [5.41, 5.74) is 6.50. The first-order valence-corrected chi connectivity index (χ1v) is 7.12. The number of rotatable bonds is 8. The van der Waals surface area contributed by atoms with Crippen molar-refractivity contribution in [1.82, 2.24) is 5.32 Å². The van der Waals surface area contributed by atoms with Crippen LogP contribution in [0.3, 0.4) is 0 Å². The van der Waals surface area contributed by atoms with Crippen molar-refractivity contribution in [3.63, 3.8) is 0 Å². The molecule has 0 aromatic heterocycles. The van der Waals surface area contributed by atoms with Crippen molar-refractivity contribution in [2.45, 2.75) is 12.5 Å². The van der Waals surface area contributed by atoms with E-state index < -0.39 is 12.0 Å². The highest BCUT2D eigenvalue weighted by Gasteiger charge is 2.11. The molecule has 6 heteroatoms. The quantitative estimate of drug-likeness (QED) is 0.645. The number of aliphatic carboxylic acids is 1. The maximum atomic E-state index is 11.5. The lowest BCUT2D eigenvalue weighted by molar-refractivity contribution is -0.138. The zero-order valence-electron chi connectivity index (χ0n) is 10.5. The highest BCUT2D eigenvalue weighted by atomic mass is 32.2. The van der Waals surface area contributed by atoms with Crippen molar-refractivity contribution in [2.75, 3.05) is 18.1 Å². The highest BCUT2D eigenvalue weighted by molar-refractivity contribution is 8.00. The predicted molar refractivity (Wildman–Crippen MR) is 76.1 cm³/mol. The summed E-state index contributed by atoms with van der Waals surface area (Å²) in [7, 11) is 0. The van der Waals surface area contributed by atoms with Crippen molar-refractivity contribution in [3.8, 4) is 0 Å². The number of hydrogen-bond acceptors (Lipinski definition) is 4. The molecule has 1 atom stereocenters. The van der Waals surface area contributed by atoms with Crippen LogP contribution in [0, 0.1) is 0 Å². The van der Waals surface area contributed by atoms with Gasteiger partial charge in [-0.15, -0.1) is 11.8 Å². The van der Waals surface area contributed by atoms with Gasteiger partial charge in [-0.2, -0.15) is 0 Å². The SMILES string of the molecule is NC(CSCC(=O)NCCc1ccccc1)C(=O)O. The molecular weight excluding hydrogens is 264 g/mol. The molecule has 0 radical (unpaired) electrons. The predicted octanol–water partition coefficient (Wildman–Crippen LogP) is 0.490. The molecule has 0 aliphatic heterocycles. The normalized spacial score (nSPS) is 11.8. The summed E-state index contributed by atoms with van der Waals surface area (Å²) in [6.07, 6.45) is 0.784. The molecule has 0 fully saturated rings. The van der Waals surface area contributed by atoms with Crippen LogP contribution in [0.25, 0.3) is 0 Å². The van der Waals surface area contributed by atoms with Crippen LogP contribution < -0.4 is 11.1 Å². The van der Waals surface area contributed by atoms with Crippen LogP contribution in [0.5, 0.6) is 0 Å². The number of nitrogens with two attached hydrogens (primary N) is 1. The number of hydrogen-bond donors (Lipinski definition) is 3. The first-order chi connectivity index (χ1) is 9.09. The fourth-order valence-corrected chi connectivity index (χ4v) is 2.19. The number of carboxylic acid groups (broad SMARTS) is 1. The molecule has 0 heterocycles. The van der Waals surface area contributed by atoms with Gasteiger partial charge in [0.15, 0.2) is 0 Å². The van der Waals surface area contributed by atoms with Gasteiger partial charge in [-0.25, -0.2) is 0 Å². The van der Waals surface area contributed by atoms with Crippen LogP contribution in [0.2, 0.25) is 0 Å². The second kappa shape index (κ2) is 8.55. The third kappa shape index (κ3) is 6.83. The van der Waals surface area contributed by atoms with Gasteiger partial charge in [-0.3, -0.25) is 9.59 Å². The van der Waals surface area contributed by atoms with Gasteiger partial charge < -0.3 is 16.2 Å². The van der Waals surface area contributed by atoms with Crippen LogP contribution in [-0.2, 0) is 16.0 Å². The van der Waals surface area contributed by atoms with Gasteiger partial charge in [0.2, 0.25) is 5.91 Å². The van der Waals surface area contributed by atoms with Crippen LogP contribution in [0.1, 0.15) is 5.56 Å². The van der Waals surface area contributed by atoms with Crippen LogP contribution in [-0.4, -0.2) is 41.1 Å². The van der Waals surface area contributed by atoms with E-state index in [1.54, 1.807) is 0 Å². The Bertz CT molecular complexity index is 412. The lowest BCUT2D eigenvalue weighted by Crippen LogP contribution is -2.33. The fraction of sp³-hybridized carbons (Fsp3) is 0.385. The third-order valence-corrected chi connectivity index (χ3v) is 3.49. The summed E-state index contributed by atoms with van der Waals surface area (Å²) in [5, 5.41) is 11.4. The van der Waals surface area contributed by atoms with E-state index in [4.69, 9.17) is 10.8 Å². The summed E-state index contributed by atoms with van der Waals surface area (Å²) >= 11 is 1.23. The average Bonchev–Trinajstić information content (AvgIpc) is 2.39. The Labute approximate surface area is 116 Å². The number of nitrogens with one attached hydrogen (secondary N) is 1. The number of carbonyl (C=O) groups excluding carboxylic acids is 1. The molecule has 1 rings (SSSR count). The summed E-state index contributed by atoms with van der Waals surface area (Å²) in [6, 6.07) is 8.96. The van der Waals surface area contributed by atoms with E-state index in [0.29, 0.717) is 6.54 Å². The van der Waals surface area contributed by atoms with Gasteiger partial charge in [0.25, 0.3) is 0 Å². The van der Waals surface area contributed by atoms with E-state index in [0.717, 1.165) is 6.42 Å². The van der Waals surface area contributed by atoms with E-state index in [2.05, 4.69) is 5.32 Å². The zero-order chi connectivity index (χ0) is 14.1. The molecule has 1 aromatic carbocycles. The molecule has 0 saturated heterocycles. The Kier molecular flexibility index (Phi) is 6.99. The lowest BCUT2D eigenvalue weighted by Gasteiger charge is -2.07. The first-order valence-electron chi connectivity index (χ1n) is 5.96. The van der Waals surface area contributed by atoms with E-state index >= 15 is 0 Å². The Morgan fingerprint density at radius 1 is 1.32 bits per heavy atom. The molecule has 1 aromatic rings. The molecular formula is C13H18N2O3S. The number of benzene rings is 1. The van der Waals surface area contributed by atoms with Gasteiger partial charge in [0.1, 0.15) is 6.04 Å². The van der Waals surface area contributed by atoms with Gasteiger partial charge in [0.05, 0.1) is 5.75 Å². The molecule has 0 aliphatic carbocycles. The Morgan fingerprint density at radius 2 is 2.00 bits per heavy atom. The monoisotopic (exact) mass is 282 g/mol. The Balaban J connectivity index is 2.10. The first kappa shape index (κ1) is 15.5. The molecule has 19 heavy (non-hydrogen) atoms. The molecule has 1 amide bonds. The number of carboxylic acids is 1. The van der Waals surface area contributed by atoms with Crippen molar-refractivity contribution >= 4 is 23.6 Å². The largest absolute Gasteiger partial charge is 0.480 e. The molecule has 4 N–H and O–H groups in total. The summed E-state index contributed by atoms with van der Waals surface area (Å²) in [4.78, 5) is 21.9. The maximum absolute atomic E-state index is 11.5. The molecule has 0 spiro atoms. The van der Waals surface area contributed by atoms with Gasteiger partial charge in [-0.05, 0) is 12.0 Å². The van der Waals surface area contributed by atoms with Crippen molar-refractivity contribution in [2.24, 2.45) is 5.73 Å². The number of carbonyl (C=O) groups is 2. The van der Waals surface area contributed by atoms with Crippen LogP contribution >= 0.6 is 11.8 Å². The smallest absolute Gasteiger partial charge is 0.321 e. The van der Waals surface area contributed by atoms with Crippen molar-refractivity contribution in [1.29, 1.82) is 0 Å². The van der Waals surface area contributed by atoms with Crippen molar-refractivity contribution in [3.05, 3.63) is 35.9 Å². The second-order valence-electron chi connectivity index (χ2n) is 4.05. The van der Waals surface area contributed by atoms with Crippen LogP contribution in [0.4, 0.5) is 0 Å². The van der Waals surface area contributed by atoms with Crippen molar-refractivity contribution < 1.29 is 14.7 Å². The van der Waals surface area contributed by atoms with Gasteiger partial charge in [0, 0.05) is 12.3 Å². The average molecular weight is 282 g/mol. The van der Waals surface area contributed by atoms with E-state index in [9.17, 15) is 9.59 Å². The van der Waals surface area contributed by atoms with E-state index in [-0.39, 0.29) is 17.4 Å². The maximum Gasteiger partial charge on any atom is 0.321 e. The molecule has 0 aliphatic rings. The Morgan fingerprint density at radius 3 is 2.63 bits per heavy atom. The lowest BCUT2D eigenvalue weighted by atomic mass is 10.1. The summed E-state index contributed by atoms with van der Waals surface area (Å²) in [6.45, 7) is 0.578.